The van der Waals surface area contributed by atoms with Crippen LogP contribution >= 0.6 is 0 Å². The summed E-state index contributed by atoms with van der Waals surface area (Å²) in [6.45, 7) is 4.91. The van der Waals surface area contributed by atoms with Crippen molar-refractivity contribution in [1.82, 2.24) is 0 Å². The summed E-state index contributed by atoms with van der Waals surface area (Å²) in [6.07, 6.45) is 12.3. The molecule has 0 aliphatic heterocycles. The number of carbonyl (C=O) groups is 1. The Morgan fingerprint density at radius 1 is 0.737 bits per heavy atom. The molecule has 19 heavy (non-hydrogen) atoms. The predicted octanol–water partition coefficient (Wildman–Crippen LogP) is 4.43. The van der Waals surface area contributed by atoms with Crippen LogP contribution in [0, 0.1) is 0 Å². The van der Waals surface area contributed by atoms with E-state index in [0.29, 0.717) is 13.2 Å². The molecule has 4 heteroatoms. The van der Waals surface area contributed by atoms with Gasteiger partial charge in [-0.15, -0.1) is 0 Å². The Bertz CT molecular complexity index is 186. The molecule has 0 aromatic heterocycles. The van der Waals surface area contributed by atoms with Gasteiger partial charge in [0.05, 0.1) is 13.2 Å². The molecule has 3 nitrogen and oxygen atoms in total. The van der Waals surface area contributed by atoms with Crippen LogP contribution in [0.3, 0.4) is 0 Å². The molecular weight excluding hydrogens is 251 g/mol. The Kier molecular flexibility index (Phi) is 20.7. The van der Waals surface area contributed by atoms with Gasteiger partial charge >= 0.3 is 35.7 Å². The van der Waals surface area contributed by atoms with Crippen LogP contribution in [0.4, 0.5) is 4.79 Å². The van der Waals surface area contributed by atoms with E-state index in [4.69, 9.17) is 4.74 Å². The van der Waals surface area contributed by atoms with Crippen molar-refractivity contribution in [2.24, 2.45) is 0 Å². The molecule has 0 amide bonds. The van der Waals surface area contributed by atoms with Gasteiger partial charge in [0, 0.05) is 0 Å². The van der Waals surface area contributed by atoms with E-state index < -0.39 is 6.16 Å². The molecule has 0 saturated carbocycles. The molecule has 0 aliphatic carbocycles. The zero-order valence-corrected chi connectivity index (χ0v) is 12.2. The summed E-state index contributed by atoms with van der Waals surface area (Å²) in [5.74, 6) is 0. The quantitative estimate of drug-likeness (QED) is 0.302. The van der Waals surface area contributed by atoms with Gasteiger partial charge in [0.1, 0.15) is 0 Å². The Labute approximate surface area is 141 Å². The number of hydrogen-bond donors (Lipinski definition) is 0. The Morgan fingerprint density at radius 2 is 1.21 bits per heavy atom. The normalized spacial score (nSPS) is 9.79. The Balaban J connectivity index is 0. The maximum atomic E-state index is 10.9. The van der Waals surface area contributed by atoms with Gasteiger partial charge in [-0.3, -0.25) is 0 Å². The molecule has 110 valence electrons. The third-order valence-corrected chi connectivity index (χ3v) is 2.98. The molecule has 0 unspecified atom stereocenters. The molecule has 0 N–H and O–H groups in total. The SMILES string of the molecule is CCCCCCCCCCCCOC(=O)OCC.[NaH]. The first-order valence-corrected chi connectivity index (χ1v) is 7.60. The number of unbranched alkanes of at least 4 members (excludes halogenated alkanes) is 9. The molecule has 0 aliphatic rings. The average molecular weight is 282 g/mol. The Hall–Kier alpha value is 0.270. The van der Waals surface area contributed by atoms with E-state index in [0.717, 1.165) is 12.8 Å². The molecule has 0 fully saturated rings. The molecule has 0 radical (unpaired) electrons. The molecule has 0 bridgehead atoms. The van der Waals surface area contributed by atoms with Crippen LogP contribution in [0.25, 0.3) is 0 Å². The van der Waals surface area contributed by atoms with Crippen LogP contribution in [0.15, 0.2) is 0 Å². The van der Waals surface area contributed by atoms with Crippen molar-refractivity contribution in [2.75, 3.05) is 13.2 Å². The number of hydrogen-bond acceptors (Lipinski definition) is 3. The van der Waals surface area contributed by atoms with Crippen molar-refractivity contribution >= 4 is 35.7 Å². The predicted molar refractivity (Wildman–Crippen MR) is 82.0 cm³/mol. The van der Waals surface area contributed by atoms with Crippen LogP contribution in [0.2, 0.25) is 0 Å². The van der Waals surface area contributed by atoms with Crippen molar-refractivity contribution in [3.05, 3.63) is 0 Å². The Morgan fingerprint density at radius 3 is 1.68 bits per heavy atom. The van der Waals surface area contributed by atoms with Crippen LogP contribution in [-0.4, -0.2) is 48.9 Å². The minimum absolute atomic E-state index is 0. The number of rotatable bonds is 12. The van der Waals surface area contributed by atoms with Gasteiger partial charge in [-0.2, -0.15) is 0 Å². The second kappa shape index (κ2) is 18.3. The van der Waals surface area contributed by atoms with E-state index in [1.54, 1.807) is 6.92 Å². The average Bonchev–Trinajstić information content (AvgIpc) is 2.36. The van der Waals surface area contributed by atoms with Crippen LogP contribution in [0.1, 0.15) is 78.1 Å². The van der Waals surface area contributed by atoms with Crippen LogP contribution in [0.5, 0.6) is 0 Å². The monoisotopic (exact) mass is 282 g/mol. The molecular formula is C15H31NaO3. The number of carbonyl (C=O) groups excluding carboxylic acids is 1. The van der Waals surface area contributed by atoms with Gasteiger partial charge < -0.3 is 9.47 Å². The van der Waals surface area contributed by atoms with Crippen molar-refractivity contribution < 1.29 is 14.3 Å². The third kappa shape index (κ3) is 18.3. The second-order valence-corrected chi connectivity index (χ2v) is 4.71. The van der Waals surface area contributed by atoms with Crippen LogP contribution < -0.4 is 0 Å². The third-order valence-electron chi connectivity index (χ3n) is 2.98. The summed E-state index contributed by atoms with van der Waals surface area (Å²) < 4.78 is 9.57. The molecule has 0 aromatic rings. The summed E-state index contributed by atoms with van der Waals surface area (Å²) >= 11 is 0. The van der Waals surface area contributed by atoms with Crippen molar-refractivity contribution in [2.45, 2.75) is 78.1 Å². The summed E-state index contributed by atoms with van der Waals surface area (Å²) in [5, 5.41) is 0. The minimum atomic E-state index is -0.534. The molecule has 0 heterocycles. The number of ether oxygens (including phenoxy) is 2. The summed E-state index contributed by atoms with van der Waals surface area (Å²) in [5.41, 5.74) is 0. The fourth-order valence-corrected chi connectivity index (χ4v) is 1.90. The first kappa shape index (κ1) is 21.6. The van der Waals surface area contributed by atoms with E-state index in [2.05, 4.69) is 11.7 Å². The summed E-state index contributed by atoms with van der Waals surface area (Å²) in [7, 11) is 0. The van der Waals surface area contributed by atoms with E-state index in [-0.39, 0.29) is 29.6 Å². The van der Waals surface area contributed by atoms with E-state index in [9.17, 15) is 4.79 Å². The van der Waals surface area contributed by atoms with Crippen molar-refractivity contribution in [3.8, 4) is 0 Å². The topological polar surface area (TPSA) is 35.5 Å². The first-order chi connectivity index (χ1) is 8.81. The zero-order valence-electron chi connectivity index (χ0n) is 12.2. The molecule has 0 spiro atoms. The molecule has 0 saturated heterocycles. The van der Waals surface area contributed by atoms with Crippen molar-refractivity contribution in [3.63, 3.8) is 0 Å². The van der Waals surface area contributed by atoms with Gasteiger partial charge in [0.2, 0.25) is 0 Å². The van der Waals surface area contributed by atoms with E-state index in [1.807, 2.05) is 0 Å². The molecule has 0 atom stereocenters. The second-order valence-electron chi connectivity index (χ2n) is 4.71. The van der Waals surface area contributed by atoms with Gasteiger partial charge in [0.25, 0.3) is 0 Å². The fourth-order valence-electron chi connectivity index (χ4n) is 1.90. The van der Waals surface area contributed by atoms with Gasteiger partial charge in [-0.05, 0) is 13.3 Å². The summed E-state index contributed by atoms with van der Waals surface area (Å²) in [6, 6.07) is 0. The van der Waals surface area contributed by atoms with Gasteiger partial charge in [0.15, 0.2) is 0 Å². The standard InChI is InChI=1S/C15H30O3.Na.H/c1-3-5-6-7-8-9-10-11-12-13-14-18-15(16)17-4-2;;/h3-14H2,1-2H3;;. The summed E-state index contributed by atoms with van der Waals surface area (Å²) in [4.78, 5) is 10.9. The van der Waals surface area contributed by atoms with Crippen LogP contribution in [-0.2, 0) is 9.47 Å². The zero-order chi connectivity index (χ0) is 13.5. The fraction of sp³-hybridized carbons (Fsp3) is 0.933. The van der Waals surface area contributed by atoms with Gasteiger partial charge in [-0.1, -0.05) is 64.7 Å². The molecule has 0 aromatic carbocycles. The van der Waals surface area contributed by atoms with E-state index in [1.165, 1.54) is 51.4 Å². The van der Waals surface area contributed by atoms with E-state index >= 15 is 0 Å². The van der Waals surface area contributed by atoms with Gasteiger partial charge in [-0.25, -0.2) is 4.79 Å². The molecule has 0 rings (SSSR count). The maximum absolute atomic E-state index is 10.9. The van der Waals surface area contributed by atoms with Crippen molar-refractivity contribution in [1.29, 1.82) is 0 Å². The first-order valence-electron chi connectivity index (χ1n) is 7.60.